The van der Waals surface area contributed by atoms with Gasteiger partial charge >= 0.3 is 0 Å². The molecule has 0 atom stereocenters. The highest BCUT2D eigenvalue weighted by Gasteiger charge is 2.06. The van der Waals surface area contributed by atoms with Gasteiger partial charge < -0.3 is 15.2 Å². The van der Waals surface area contributed by atoms with Gasteiger partial charge in [0.25, 0.3) is 0 Å². The topological polar surface area (TPSA) is 67.1 Å². The molecule has 0 amide bonds. The van der Waals surface area contributed by atoms with Gasteiger partial charge in [0, 0.05) is 18.5 Å². The maximum absolute atomic E-state index is 13.1. The van der Waals surface area contributed by atoms with E-state index in [-0.39, 0.29) is 29.8 Å². The molecule has 2 N–H and O–H groups in total. The number of nitrogens with one attached hydrogen (secondary N) is 2. The Morgan fingerprint density at radius 3 is 2.61 bits per heavy atom. The van der Waals surface area contributed by atoms with Crippen molar-refractivity contribution in [1.29, 1.82) is 0 Å². The van der Waals surface area contributed by atoms with Gasteiger partial charge in [0.05, 0.1) is 13.1 Å². The summed E-state index contributed by atoms with van der Waals surface area (Å²) in [6, 6.07) is 10.6. The monoisotopic (exact) mass is 514 g/mol. The predicted octanol–water partition coefficient (Wildman–Crippen LogP) is 3.42. The summed E-state index contributed by atoms with van der Waals surface area (Å²) in [5.41, 5.74) is 0.949. The van der Waals surface area contributed by atoms with Crippen molar-refractivity contribution >= 4 is 41.3 Å². The molecule has 0 saturated heterocycles. The van der Waals surface area contributed by atoms with Crippen LogP contribution in [0.15, 0.2) is 46.8 Å². The molecular weight excluding hydrogens is 490 g/mol. The zero-order valence-electron chi connectivity index (χ0n) is 15.9. The Bertz CT molecular complexity index is 876. The SMILES string of the molecule is Cc1nnc(CNC(=NCc2ccc(F)cc2)NCCc2cccs2)n1C.I. The maximum atomic E-state index is 13.1. The lowest BCUT2D eigenvalue weighted by Crippen LogP contribution is -2.38. The van der Waals surface area contributed by atoms with Crippen molar-refractivity contribution in [3.8, 4) is 0 Å². The summed E-state index contributed by atoms with van der Waals surface area (Å²) in [6.07, 6.45) is 0.929. The zero-order chi connectivity index (χ0) is 19.1. The van der Waals surface area contributed by atoms with Crippen LogP contribution in [-0.2, 0) is 26.6 Å². The Hall–Kier alpha value is -2.01. The number of thiophene rings is 1. The number of aromatic nitrogens is 3. The third-order valence-corrected chi connectivity index (χ3v) is 5.11. The smallest absolute Gasteiger partial charge is 0.191 e. The van der Waals surface area contributed by atoms with Crippen molar-refractivity contribution in [3.63, 3.8) is 0 Å². The van der Waals surface area contributed by atoms with Gasteiger partial charge in [0.2, 0.25) is 0 Å². The van der Waals surface area contributed by atoms with E-state index >= 15 is 0 Å². The second kappa shape index (κ2) is 11.1. The van der Waals surface area contributed by atoms with Crippen molar-refractivity contribution in [2.45, 2.75) is 26.4 Å². The van der Waals surface area contributed by atoms with Crippen molar-refractivity contribution in [2.75, 3.05) is 6.54 Å². The molecule has 9 heteroatoms. The van der Waals surface area contributed by atoms with Crippen LogP contribution in [-0.4, -0.2) is 27.3 Å². The highest BCUT2D eigenvalue weighted by molar-refractivity contribution is 14.0. The normalized spacial score (nSPS) is 11.2. The number of nitrogens with zero attached hydrogens (tertiary/aromatic N) is 4. The second-order valence-electron chi connectivity index (χ2n) is 6.12. The van der Waals surface area contributed by atoms with Crippen LogP contribution in [0.4, 0.5) is 4.39 Å². The van der Waals surface area contributed by atoms with E-state index in [0.29, 0.717) is 19.0 Å². The Kier molecular flexibility index (Phi) is 8.84. The van der Waals surface area contributed by atoms with Crippen LogP contribution in [0.1, 0.15) is 22.1 Å². The van der Waals surface area contributed by atoms with E-state index in [1.54, 1.807) is 23.5 Å². The lowest BCUT2D eigenvalue weighted by Gasteiger charge is -2.12. The number of benzene rings is 1. The average molecular weight is 514 g/mol. The first-order valence-corrected chi connectivity index (χ1v) is 9.63. The predicted molar refractivity (Wildman–Crippen MR) is 122 cm³/mol. The summed E-state index contributed by atoms with van der Waals surface area (Å²) in [7, 11) is 1.94. The molecule has 6 nitrogen and oxygen atoms in total. The number of rotatable bonds is 7. The van der Waals surface area contributed by atoms with Crippen LogP contribution < -0.4 is 10.6 Å². The van der Waals surface area contributed by atoms with Gasteiger partial charge in [0.15, 0.2) is 11.8 Å². The van der Waals surface area contributed by atoms with Gasteiger partial charge in [-0.2, -0.15) is 0 Å². The van der Waals surface area contributed by atoms with E-state index in [1.165, 1.54) is 17.0 Å². The van der Waals surface area contributed by atoms with E-state index in [4.69, 9.17) is 0 Å². The van der Waals surface area contributed by atoms with E-state index in [9.17, 15) is 4.39 Å². The molecular formula is C19H24FIN6S. The summed E-state index contributed by atoms with van der Waals surface area (Å²) < 4.78 is 15.0. The first kappa shape index (κ1) is 22.3. The fraction of sp³-hybridized carbons (Fsp3) is 0.316. The fourth-order valence-corrected chi connectivity index (χ4v) is 3.17. The number of aliphatic imine (C=N–C) groups is 1. The standard InChI is InChI=1S/C19H23FN6S.HI/c1-14-24-25-18(26(14)2)13-23-19(21-10-9-17-4-3-11-27-17)22-12-15-5-7-16(20)8-6-15;/h3-8,11H,9-10,12-13H2,1-2H3,(H2,21,22,23);1H. The van der Waals surface area contributed by atoms with Crippen LogP contribution in [0.2, 0.25) is 0 Å². The molecule has 28 heavy (non-hydrogen) atoms. The minimum absolute atomic E-state index is 0. The molecule has 3 rings (SSSR count). The van der Waals surface area contributed by atoms with Crippen LogP contribution >= 0.6 is 35.3 Å². The first-order valence-electron chi connectivity index (χ1n) is 8.75. The van der Waals surface area contributed by atoms with E-state index in [1.807, 2.05) is 18.5 Å². The minimum atomic E-state index is -0.243. The van der Waals surface area contributed by atoms with E-state index in [0.717, 1.165) is 30.2 Å². The first-order chi connectivity index (χ1) is 13.1. The lowest BCUT2D eigenvalue weighted by molar-refractivity contribution is 0.627. The third-order valence-electron chi connectivity index (χ3n) is 4.17. The number of hydrogen-bond donors (Lipinski definition) is 2. The molecule has 2 aromatic heterocycles. The van der Waals surface area contributed by atoms with Gasteiger partial charge in [-0.1, -0.05) is 18.2 Å². The number of guanidine groups is 1. The average Bonchev–Trinajstić information content (AvgIpc) is 3.29. The van der Waals surface area contributed by atoms with Crippen molar-refractivity contribution in [1.82, 2.24) is 25.4 Å². The van der Waals surface area contributed by atoms with Crippen molar-refractivity contribution < 1.29 is 4.39 Å². The van der Waals surface area contributed by atoms with Crippen molar-refractivity contribution in [2.24, 2.45) is 12.0 Å². The summed E-state index contributed by atoms with van der Waals surface area (Å²) in [5.74, 6) is 2.15. The lowest BCUT2D eigenvalue weighted by atomic mass is 10.2. The highest BCUT2D eigenvalue weighted by atomic mass is 127. The molecule has 2 heterocycles. The third kappa shape index (κ3) is 6.55. The molecule has 150 valence electrons. The van der Waals surface area contributed by atoms with Gasteiger partial charge in [-0.3, -0.25) is 0 Å². The molecule has 0 spiro atoms. The zero-order valence-corrected chi connectivity index (χ0v) is 19.0. The van der Waals surface area contributed by atoms with Crippen LogP contribution in [0.3, 0.4) is 0 Å². The Morgan fingerprint density at radius 1 is 1.18 bits per heavy atom. The van der Waals surface area contributed by atoms with Gasteiger partial charge in [-0.05, 0) is 42.5 Å². The van der Waals surface area contributed by atoms with Gasteiger partial charge in [-0.15, -0.1) is 45.5 Å². The van der Waals surface area contributed by atoms with Crippen LogP contribution in [0.5, 0.6) is 0 Å². The molecule has 1 aromatic carbocycles. The molecule has 0 aliphatic heterocycles. The maximum Gasteiger partial charge on any atom is 0.191 e. The Labute approximate surface area is 185 Å². The molecule has 0 saturated carbocycles. The Balaban J connectivity index is 0.00000280. The largest absolute Gasteiger partial charge is 0.356 e. The molecule has 0 bridgehead atoms. The van der Waals surface area contributed by atoms with Crippen LogP contribution in [0, 0.1) is 12.7 Å². The molecule has 3 aromatic rings. The summed E-state index contributed by atoms with van der Waals surface area (Å²) in [4.78, 5) is 5.94. The van der Waals surface area contributed by atoms with Crippen molar-refractivity contribution in [3.05, 3.63) is 69.7 Å². The minimum Gasteiger partial charge on any atom is -0.356 e. The Morgan fingerprint density at radius 2 is 1.96 bits per heavy atom. The molecule has 0 radical (unpaired) electrons. The molecule has 0 aliphatic rings. The quantitative estimate of drug-likeness (QED) is 0.288. The van der Waals surface area contributed by atoms with Gasteiger partial charge in [-0.25, -0.2) is 9.38 Å². The highest BCUT2D eigenvalue weighted by Crippen LogP contribution is 2.08. The van der Waals surface area contributed by atoms with E-state index < -0.39 is 0 Å². The molecule has 0 fully saturated rings. The molecule has 0 unspecified atom stereocenters. The number of aryl methyl sites for hydroxylation is 1. The molecule has 0 aliphatic carbocycles. The summed E-state index contributed by atoms with van der Waals surface area (Å²) >= 11 is 1.74. The fourth-order valence-electron chi connectivity index (χ4n) is 2.46. The van der Waals surface area contributed by atoms with Crippen LogP contribution in [0.25, 0.3) is 0 Å². The summed E-state index contributed by atoms with van der Waals surface area (Å²) in [6.45, 7) is 3.67. The van der Waals surface area contributed by atoms with Gasteiger partial charge in [0.1, 0.15) is 11.6 Å². The van der Waals surface area contributed by atoms with E-state index in [2.05, 4.69) is 43.3 Å². The second-order valence-corrected chi connectivity index (χ2v) is 7.16. The number of hydrogen-bond acceptors (Lipinski definition) is 4. The number of halogens is 2. The summed E-state index contributed by atoms with van der Waals surface area (Å²) in [5, 5.41) is 17.0.